The van der Waals surface area contributed by atoms with Crippen LogP contribution >= 0.6 is 15.9 Å². The highest BCUT2D eigenvalue weighted by Gasteiger charge is 2.30. The van der Waals surface area contributed by atoms with Gasteiger partial charge in [0.25, 0.3) is 0 Å². The van der Waals surface area contributed by atoms with Crippen molar-refractivity contribution in [3.05, 3.63) is 238 Å². The van der Waals surface area contributed by atoms with Gasteiger partial charge in [-0.2, -0.15) is 23.5 Å². The van der Waals surface area contributed by atoms with Crippen LogP contribution in [0.3, 0.4) is 0 Å². The van der Waals surface area contributed by atoms with Gasteiger partial charge in [-0.15, -0.1) is 0 Å². The zero-order valence-electron chi connectivity index (χ0n) is 52.9. The molecule has 0 atom stereocenters. The van der Waals surface area contributed by atoms with Crippen molar-refractivity contribution in [2.24, 2.45) is 0 Å². The van der Waals surface area contributed by atoms with Crippen LogP contribution in [-0.2, 0) is 35.3 Å². The Labute approximate surface area is 556 Å². The first-order valence-electron chi connectivity index (χ1n) is 30.4. The standard InChI is InChI=1S/C27H27N5O3.C26H24F3N3O2.C20H18BrN3O2/c1-18-13-21(8-11-25(18)35-22-9-6-19(2)29-15-22)32-27-23-14-20(7-10-24(23)30-17-31-27)5-4-12-28-26(33)16-34-3;27-26(28,29)22-10-5-21(6-11-22)9-14-25-31-23(19-34-25)18-33-24-12-7-20(8-13-24)4-1-2-16-32-17-3-15-30-32;1-3-25-18-9-16-17(10-19(18)26-4-2)23-12-13(11-22)20(16)24-15-7-5-6-14(21)8-15/h4-11,13-15,17H,12,16H2,1-3H3,(H,28,33)(H,30,31,32);3,5-15,17,19H,1-2,4,16,18H2;5-10,12H,3-4H2,1-2H3,(H,23,24)/b5-4+;14-9+;. The number of methoxy groups -OCH3 is 1. The Morgan fingerprint density at radius 2 is 1.52 bits per heavy atom. The van der Waals surface area contributed by atoms with Crippen LogP contribution in [0, 0.1) is 25.2 Å². The number of hydrogen-bond donors (Lipinski definition) is 3. The molecule has 18 nitrogen and oxygen atoms in total. The third-order valence-electron chi connectivity index (χ3n) is 14.2. The number of fused-ring (bicyclic) bond motifs is 2. The molecule has 0 aliphatic rings. The van der Waals surface area contributed by atoms with Gasteiger partial charge in [-0.25, -0.2) is 15.0 Å². The highest BCUT2D eigenvalue weighted by atomic mass is 79.9. The number of amides is 1. The monoisotopic (exact) mass is 1350 g/mol. The number of alkyl halides is 3. The molecule has 22 heteroatoms. The van der Waals surface area contributed by atoms with Crippen molar-refractivity contribution in [2.75, 3.05) is 44.1 Å². The van der Waals surface area contributed by atoms with E-state index < -0.39 is 11.7 Å². The Balaban J connectivity index is 0.000000170. The number of carbonyl (C=O) groups excluding carboxylic acids is 1. The molecule has 0 aliphatic carbocycles. The van der Waals surface area contributed by atoms with Gasteiger partial charge in [0.2, 0.25) is 11.8 Å². The minimum absolute atomic E-state index is 0.0475. The Morgan fingerprint density at radius 3 is 2.23 bits per heavy atom. The molecule has 0 bridgehead atoms. The van der Waals surface area contributed by atoms with Gasteiger partial charge in [0, 0.05) is 83.2 Å². The van der Waals surface area contributed by atoms with Crippen LogP contribution in [0.1, 0.15) is 77.3 Å². The summed E-state index contributed by atoms with van der Waals surface area (Å²) in [4.78, 5) is 33.3. The normalized spacial score (nSPS) is 11.2. The summed E-state index contributed by atoms with van der Waals surface area (Å²) in [5.74, 6) is 4.38. The largest absolute Gasteiger partial charge is 0.490 e. The van der Waals surface area contributed by atoms with Gasteiger partial charge in [-0.05, 0) is 172 Å². The number of nitrogens with zero attached hydrogens (tertiary/aromatic N) is 8. The predicted octanol–water partition coefficient (Wildman–Crippen LogP) is 17.0. The number of ether oxygens (including phenoxy) is 5. The van der Waals surface area contributed by atoms with E-state index in [2.05, 4.69) is 80.1 Å². The van der Waals surface area contributed by atoms with Gasteiger partial charge in [0.15, 0.2) is 11.5 Å². The average molecular weight is 1350 g/mol. The number of pyridine rings is 2. The lowest BCUT2D eigenvalue weighted by Gasteiger charge is -2.15. The van der Waals surface area contributed by atoms with Crippen LogP contribution < -0.4 is 34.9 Å². The fraction of sp³-hybridized carbons (Fsp3) is 0.205. The number of carbonyl (C=O) groups is 1. The molecule has 0 spiro atoms. The van der Waals surface area contributed by atoms with Crippen molar-refractivity contribution >= 4 is 84.8 Å². The van der Waals surface area contributed by atoms with E-state index in [1.807, 2.05) is 154 Å². The summed E-state index contributed by atoms with van der Waals surface area (Å²) >= 11 is 3.47. The maximum atomic E-state index is 12.6. The van der Waals surface area contributed by atoms with Crippen molar-refractivity contribution in [3.8, 4) is 34.8 Å². The molecule has 11 aromatic rings. The van der Waals surface area contributed by atoms with Crippen LogP contribution in [0.5, 0.6) is 28.7 Å². The van der Waals surface area contributed by atoms with Gasteiger partial charge >= 0.3 is 6.18 Å². The van der Waals surface area contributed by atoms with Crippen LogP contribution in [0.4, 0.5) is 36.1 Å². The number of hydrogen-bond acceptors (Lipinski definition) is 16. The van der Waals surface area contributed by atoms with E-state index in [9.17, 15) is 23.2 Å². The molecule has 1 amide bonds. The first-order chi connectivity index (χ1) is 46.1. The summed E-state index contributed by atoms with van der Waals surface area (Å²) < 4.78 is 74.2. The molecule has 6 aromatic carbocycles. The first kappa shape index (κ1) is 68.5. The SMILES string of the molecule is CCOc1cc2ncc(C#N)c(Nc3cccc(Br)c3)c2cc1OCC.COCC(=O)NC/C=C/c1ccc2ncnc(Nc3ccc(Oc4ccc(C)nc4)c(C)c3)c2c1.FC(F)(F)c1ccc(/C=C/c2nc(COc3ccc(CCCCn4cccn4)cc3)co2)cc1. The highest BCUT2D eigenvalue weighted by molar-refractivity contribution is 9.10. The summed E-state index contributed by atoms with van der Waals surface area (Å²) in [5.41, 5.74) is 9.18. The van der Waals surface area contributed by atoms with Gasteiger partial charge in [-0.1, -0.05) is 64.5 Å². The summed E-state index contributed by atoms with van der Waals surface area (Å²) in [6.07, 6.45) is 16.0. The van der Waals surface area contributed by atoms with E-state index in [0.29, 0.717) is 71.2 Å². The number of anilines is 4. The molecule has 5 aromatic heterocycles. The van der Waals surface area contributed by atoms with Crippen LogP contribution in [0.2, 0.25) is 0 Å². The second kappa shape index (κ2) is 34.1. The average Bonchev–Trinajstić information content (AvgIpc) is 1.03. The molecule has 0 aliphatic heterocycles. The number of benzene rings is 6. The fourth-order valence-corrected chi connectivity index (χ4v) is 9.87. The number of oxazole rings is 1. The Bertz CT molecular complexity index is 4410. The third kappa shape index (κ3) is 20.6. The van der Waals surface area contributed by atoms with Gasteiger partial charge in [0.1, 0.15) is 60.6 Å². The number of unbranched alkanes of at least 4 members (excludes halogenated alkanes) is 1. The summed E-state index contributed by atoms with van der Waals surface area (Å²) in [6, 6.07) is 44.1. The molecule has 95 heavy (non-hydrogen) atoms. The van der Waals surface area contributed by atoms with E-state index in [1.165, 1.54) is 31.1 Å². The Hall–Kier alpha value is -10.9. The quantitative estimate of drug-likeness (QED) is 0.0453. The molecule has 3 N–H and O–H groups in total. The molecule has 0 radical (unpaired) electrons. The first-order valence-corrected chi connectivity index (χ1v) is 31.2. The molecule has 0 fully saturated rings. The Kier molecular flexibility index (Phi) is 24.6. The summed E-state index contributed by atoms with van der Waals surface area (Å²) in [6.45, 7) is 10.5. The summed E-state index contributed by atoms with van der Waals surface area (Å²) in [5, 5.41) is 24.9. The van der Waals surface area contributed by atoms with E-state index in [4.69, 9.17) is 28.1 Å². The lowest BCUT2D eigenvalue weighted by atomic mass is 10.1. The minimum Gasteiger partial charge on any atom is -0.490 e. The maximum Gasteiger partial charge on any atom is 0.416 e. The van der Waals surface area contributed by atoms with Crippen molar-refractivity contribution in [1.82, 2.24) is 40.0 Å². The number of aromatic nitrogens is 7. The second-order valence-electron chi connectivity index (χ2n) is 21.2. The molecule has 0 saturated heterocycles. The maximum absolute atomic E-state index is 12.6. The van der Waals surface area contributed by atoms with Gasteiger partial charge in [0.05, 0.1) is 47.3 Å². The number of halogens is 4. The van der Waals surface area contributed by atoms with Crippen LogP contribution in [-0.4, -0.2) is 74.1 Å². The number of nitrogens with one attached hydrogen (secondary N) is 3. The molecule has 0 unspecified atom stereocenters. The Morgan fingerprint density at radius 1 is 0.737 bits per heavy atom. The topological polar surface area (TPSA) is 219 Å². The second-order valence-corrected chi connectivity index (χ2v) is 22.2. The summed E-state index contributed by atoms with van der Waals surface area (Å²) in [7, 11) is 1.49. The highest BCUT2D eigenvalue weighted by Crippen LogP contribution is 2.38. The zero-order valence-corrected chi connectivity index (χ0v) is 54.4. The lowest BCUT2D eigenvalue weighted by Crippen LogP contribution is -2.26. The van der Waals surface area contributed by atoms with E-state index in [1.54, 1.807) is 37.1 Å². The molecule has 486 valence electrons. The predicted molar refractivity (Wildman–Crippen MR) is 366 cm³/mol. The lowest BCUT2D eigenvalue weighted by molar-refractivity contribution is -0.137. The number of rotatable bonds is 25. The molecule has 11 rings (SSSR count). The smallest absolute Gasteiger partial charge is 0.416 e. The molecular weight excluding hydrogens is 1280 g/mol. The zero-order chi connectivity index (χ0) is 66.9. The van der Waals surface area contributed by atoms with Gasteiger partial charge in [-0.3, -0.25) is 19.4 Å². The van der Waals surface area contributed by atoms with Crippen molar-refractivity contribution in [1.29, 1.82) is 5.26 Å². The molecule has 5 heterocycles. The minimum atomic E-state index is -4.35. The van der Waals surface area contributed by atoms with Crippen LogP contribution in [0.15, 0.2) is 192 Å². The van der Waals surface area contributed by atoms with Crippen molar-refractivity contribution in [2.45, 2.75) is 66.3 Å². The van der Waals surface area contributed by atoms with Crippen molar-refractivity contribution in [3.63, 3.8) is 0 Å². The van der Waals surface area contributed by atoms with E-state index in [-0.39, 0.29) is 19.1 Å². The fourth-order valence-electron chi connectivity index (χ4n) is 9.48. The van der Waals surface area contributed by atoms with Gasteiger partial charge < -0.3 is 44.1 Å². The number of nitriles is 1. The van der Waals surface area contributed by atoms with Crippen molar-refractivity contribution < 1.29 is 46.1 Å². The number of aryl methyl sites for hydroxylation is 4. The third-order valence-corrected chi connectivity index (χ3v) is 14.7. The van der Waals surface area contributed by atoms with Crippen LogP contribution in [0.25, 0.3) is 40.0 Å². The molecule has 0 saturated carbocycles. The van der Waals surface area contributed by atoms with E-state index in [0.717, 1.165) is 104 Å². The molecular formula is C73H69BrF3N11O7. The van der Waals surface area contributed by atoms with E-state index >= 15 is 0 Å².